The van der Waals surface area contributed by atoms with Crippen molar-refractivity contribution in [1.82, 2.24) is 10.3 Å². The number of hydrogen-bond acceptors (Lipinski definition) is 2. The fourth-order valence-electron chi connectivity index (χ4n) is 2.70. The molecule has 1 N–H and O–H groups in total. The van der Waals surface area contributed by atoms with Crippen molar-refractivity contribution in [2.75, 3.05) is 6.54 Å². The van der Waals surface area contributed by atoms with Gasteiger partial charge in [-0.15, -0.1) is 0 Å². The van der Waals surface area contributed by atoms with Crippen molar-refractivity contribution in [1.29, 1.82) is 0 Å². The maximum Gasteiger partial charge on any atom is 0.0386 e. The van der Waals surface area contributed by atoms with E-state index in [9.17, 15) is 0 Å². The summed E-state index contributed by atoms with van der Waals surface area (Å²) in [6.45, 7) is 7.73. The van der Waals surface area contributed by atoms with Crippen LogP contribution in [0.2, 0.25) is 0 Å². The van der Waals surface area contributed by atoms with E-state index in [0.717, 1.165) is 19.4 Å². The molecule has 112 valence electrons. The Morgan fingerprint density at radius 3 is 2.19 bits per heavy atom. The Labute approximate surface area is 128 Å². The summed E-state index contributed by atoms with van der Waals surface area (Å²) in [6, 6.07) is 13.6. The summed E-state index contributed by atoms with van der Waals surface area (Å²) in [7, 11) is 0. The van der Waals surface area contributed by atoms with Crippen molar-refractivity contribution in [2.24, 2.45) is 0 Å². The van der Waals surface area contributed by atoms with E-state index in [1.54, 1.807) is 0 Å². The van der Waals surface area contributed by atoms with Crippen LogP contribution in [0.1, 0.15) is 55.8 Å². The van der Waals surface area contributed by atoms with Gasteiger partial charge >= 0.3 is 0 Å². The van der Waals surface area contributed by atoms with Crippen molar-refractivity contribution in [3.8, 4) is 0 Å². The van der Waals surface area contributed by atoms with Crippen LogP contribution in [0.4, 0.5) is 0 Å². The van der Waals surface area contributed by atoms with Crippen molar-refractivity contribution >= 4 is 0 Å². The molecule has 2 atom stereocenters. The maximum absolute atomic E-state index is 4.12. The predicted molar refractivity (Wildman–Crippen MR) is 89.5 cm³/mol. The van der Waals surface area contributed by atoms with Crippen LogP contribution in [-0.4, -0.2) is 11.5 Å². The number of nitrogens with one attached hydrogen (secondary N) is 1. The minimum Gasteiger partial charge on any atom is -0.309 e. The largest absolute Gasteiger partial charge is 0.309 e. The highest BCUT2D eigenvalue weighted by Gasteiger charge is 2.20. The predicted octanol–water partition coefficient (Wildman–Crippen LogP) is 4.49. The van der Waals surface area contributed by atoms with Crippen LogP contribution in [0.5, 0.6) is 0 Å². The lowest BCUT2D eigenvalue weighted by Crippen LogP contribution is -2.26. The molecule has 0 aliphatic carbocycles. The number of pyridine rings is 1. The molecule has 2 aromatic rings. The molecule has 0 fully saturated rings. The Morgan fingerprint density at radius 1 is 0.952 bits per heavy atom. The molecule has 0 aliphatic heterocycles. The quantitative estimate of drug-likeness (QED) is 0.809. The Bertz CT molecular complexity index is 519. The number of aromatic nitrogens is 1. The van der Waals surface area contributed by atoms with Gasteiger partial charge in [-0.2, -0.15) is 0 Å². The standard InChI is InChI=1S/C19H26N2/c1-4-12-21-19(15(3)17-10-13-20-14-11-17)18-8-6-16(5-2)7-9-18/h6-11,13-15,19,21H,4-5,12H2,1-3H3. The van der Waals surface area contributed by atoms with Gasteiger partial charge in [0.05, 0.1) is 0 Å². The van der Waals surface area contributed by atoms with Gasteiger partial charge in [-0.05, 0) is 48.2 Å². The molecule has 0 radical (unpaired) electrons. The van der Waals surface area contributed by atoms with Crippen molar-refractivity contribution in [3.05, 3.63) is 65.5 Å². The summed E-state index contributed by atoms with van der Waals surface area (Å²) in [5.74, 6) is 0.423. The topological polar surface area (TPSA) is 24.9 Å². The Kier molecular flexibility index (Phi) is 5.94. The lowest BCUT2D eigenvalue weighted by Gasteiger charge is -2.26. The molecule has 2 unspecified atom stereocenters. The monoisotopic (exact) mass is 282 g/mol. The smallest absolute Gasteiger partial charge is 0.0386 e. The molecular formula is C19H26N2. The van der Waals surface area contributed by atoms with Gasteiger partial charge < -0.3 is 5.32 Å². The minimum absolute atomic E-state index is 0.346. The summed E-state index contributed by atoms with van der Waals surface area (Å²) >= 11 is 0. The summed E-state index contributed by atoms with van der Waals surface area (Å²) < 4.78 is 0. The number of aryl methyl sites for hydroxylation is 1. The van der Waals surface area contributed by atoms with Gasteiger partial charge in [0.15, 0.2) is 0 Å². The zero-order valence-corrected chi connectivity index (χ0v) is 13.3. The lowest BCUT2D eigenvalue weighted by atomic mass is 9.88. The van der Waals surface area contributed by atoms with Gasteiger partial charge in [-0.1, -0.05) is 45.0 Å². The normalized spacial score (nSPS) is 13.9. The molecule has 1 heterocycles. The summed E-state index contributed by atoms with van der Waals surface area (Å²) in [6.07, 6.45) is 5.99. The van der Waals surface area contributed by atoms with Crippen LogP contribution >= 0.6 is 0 Å². The number of hydrogen-bond donors (Lipinski definition) is 1. The molecule has 1 aromatic heterocycles. The van der Waals surface area contributed by atoms with Crippen LogP contribution < -0.4 is 5.32 Å². The van der Waals surface area contributed by atoms with E-state index in [2.05, 4.69) is 67.5 Å². The highest BCUT2D eigenvalue weighted by molar-refractivity contribution is 5.29. The van der Waals surface area contributed by atoms with E-state index in [1.807, 2.05) is 12.4 Å². The zero-order chi connectivity index (χ0) is 15.1. The lowest BCUT2D eigenvalue weighted by molar-refractivity contribution is 0.466. The average molecular weight is 282 g/mol. The molecule has 0 bridgehead atoms. The first kappa shape index (κ1) is 15.7. The molecule has 2 rings (SSSR count). The van der Waals surface area contributed by atoms with Gasteiger partial charge in [0.25, 0.3) is 0 Å². The molecule has 2 heteroatoms. The first-order valence-electron chi connectivity index (χ1n) is 7.98. The third-order valence-corrected chi connectivity index (χ3v) is 4.09. The molecular weight excluding hydrogens is 256 g/mol. The highest BCUT2D eigenvalue weighted by Crippen LogP contribution is 2.30. The maximum atomic E-state index is 4.12. The van der Waals surface area contributed by atoms with Gasteiger partial charge in [-0.3, -0.25) is 4.98 Å². The fraction of sp³-hybridized carbons (Fsp3) is 0.421. The molecule has 0 aliphatic rings. The Morgan fingerprint density at radius 2 is 1.62 bits per heavy atom. The highest BCUT2D eigenvalue weighted by atomic mass is 14.9. The molecule has 0 saturated heterocycles. The van der Waals surface area contributed by atoms with Crippen molar-refractivity contribution in [3.63, 3.8) is 0 Å². The van der Waals surface area contributed by atoms with E-state index in [0.29, 0.717) is 12.0 Å². The summed E-state index contributed by atoms with van der Waals surface area (Å²) in [4.78, 5) is 4.12. The summed E-state index contributed by atoms with van der Waals surface area (Å²) in [5, 5.41) is 3.70. The number of benzene rings is 1. The van der Waals surface area contributed by atoms with Crippen LogP contribution in [-0.2, 0) is 6.42 Å². The average Bonchev–Trinajstić information content (AvgIpc) is 2.56. The molecule has 21 heavy (non-hydrogen) atoms. The molecule has 0 saturated carbocycles. The van der Waals surface area contributed by atoms with Crippen LogP contribution in [0.3, 0.4) is 0 Å². The molecule has 2 nitrogen and oxygen atoms in total. The van der Waals surface area contributed by atoms with Gasteiger partial charge in [-0.25, -0.2) is 0 Å². The Hall–Kier alpha value is -1.67. The van der Waals surface area contributed by atoms with Gasteiger partial charge in [0.2, 0.25) is 0 Å². The molecule has 0 amide bonds. The van der Waals surface area contributed by atoms with Gasteiger partial charge in [0.1, 0.15) is 0 Å². The third-order valence-electron chi connectivity index (χ3n) is 4.09. The minimum atomic E-state index is 0.346. The first-order chi connectivity index (χ1) is 10.3. The molecule has 1 aromatic carbocycles. The Balaban J connectivity index is 2.24. The van der Waals surface area contributed by atoms with Crippen LogP contribution in [0, 0.1) is 0 Å². The van der Waals surface area contributed by atoms with E-state index in [4.69, 9.17) is 0 Å². The van der Waals surface area contributed by atoms with Crippen LogP contribution in [0.25, 0.3) is 0 Å². The van der Waals surface area contributed by atoms with Crippen molar-refractivity contribution in [2.45, 2.75) is 45.6 Å². The van der Waals surface area contributed by atoms with Crippen LogP contribution in [0.15, 0.2) is 48.8 Å². The van der Waals surface area contributed by atoms with E-state index >= 15 is 0 Å². The second-order valence-corrected chi connectivity index (χ2v) is 5.60. The van der Waals surface area contributed by atoms with E-state index in [-0.39, 0.29) is 0 Å². The number of nitrogens with zero attached hydrogens (tertiary/aromatic N) is 1. The zero-order valence-electron chi connectivity index (χ0n) is 13.3. The summed E-state index contributed by atoms with van der Waals surface area (Å²) in [5.41, 5.74) is 4.09. The van der Waals surface area contributed by atoms with E-state index < -0.39 is 0 Å². The fourth-order valence-corrected chi connectivity index (χ4v) is 2.70. The van der Waals surface area contributed by atoms with Gasteiger partial charge in [0, 0.05) is 24.4 Å². The number of rotatable bonds is 7. The molecule has 0 spiro atoms. The second-order valence-electron chi connectivity index (χ2n) is 5.60. The first-order valence-corrected chi connectivity index (χ1v) is 7.98. The SMILES string of the molecule is CCCNC(c1ccc(CC)cc1)C(C)c1ccncc1. The second kappa shape index (κ2) is 7.94. The van der Waals surface area contributed by atoms with Crippen molar-refractivity contribution < 1.29 is 0 Å². The third kappa shape index (κ3) is 4.15. The van der Waals surface area contributed by atoms with E-state index in [1.165, 1.54) is 16.7 Å².